The van der Waals surface area contributed by atoms with Gasteiger partial charge in [-0.05, 0) is 42.3 Å². The van der Waals surface area contributed by atoms with E-state index in [1.54, 1.807) is 12.1 Å². The fourth-order valence-corrected chi connectivity index (χ4v) is 3.20. The number of sulfonamides is 1. The Morgan fingerprint density at radius 2 is 2.05 bits per heavy atom. The number of hydrogen-bond donors (Lipinski definition) is 2. The summed E-state index contributed by atoms with van der Waals surface area (Å²) in [6.45, 7) is 1.60. The maximum Gasteiger partial charge on any atom is 0.295 e. The second-order valence-electron chi connectivity index (χ2n) is 4.14. The number of halogens is 1. The summed E-state index contributed by atoms with van der Waals surface area (Å²) in [4.78, 5) is 0. The lowest BCUT2D eigenvalue weighted by Crippen LogP contribution is -2.13. The number of furan rings is 1. The van der Waals surface area contributed by atoms with E-state index in [9.17, 15) is 8.42 Å². The van der Waals surface area contributed by atoms with Gasteiger partial charge in [-0.3, -0.25) is 4.72 Å². The molecule has 0 fully saturated rings. The van der Waals surface area contributed by atoms with Crippen molar-refractivity contribution in [3.63, 3.8) is 0 Å². The molecule has 108 valence electrons. The normalized spacial score (nSPS) is 11.6. The van der Waals surface area contributed by atoms with Crippen molar-refractivity contribution in [1.82, 2.24) is 0 Å². The number of hydrogen-bond acceptors (Lipinski definition) is 4. The van der Waals surface area contributed by atoms with Crippen LogP contribution in [0.15, 0.2) is 44.3 Å². The minimum atomic E-state index is -3.79. The van der Waals surface area contributed by atoms with E-state index >= 15 is 0 Å². The lowest BCUT2D eigenvalue weighted by Gasteiger charge is -2.10. The predicted octanol–water partition coefficient (Wildman–Crippen LogP) is 2.90. The van der Waals surface area contributed by atoms with E-state index in [0.717, 1.165) is 10.0 Å². The highest BCUT2D eigenvalue weighted by molar-refractivity contribution is 9.10. The second kappa shape index (κ2) is 5.99. The van der Waals surface area contributed by atoms with Crippen LogP contribution in [0.25, 0.3) is 0 Å². The fraction of sp³-hybridized carbons (Fsp3) is 0.231. The third-order valence-electron chi connectivity index (χ3n) is 2.75. The highest BCUT2D eigenvalue weighted by Crippen LogP contribution is 2.25. The van der Waals surface area contributed by atoms with Gasteiger partial charge in [-0.25, -0.2) is 0 Å². The molecule has 0 unspecified atom stereocenters. The first-order chi connectivity index (χ1) is 9.46. The number of rotatable bonds is 5. The maximum atomic E-state index is 12.2. The summed E-state index contributed by atoms with van der Waals surface area (Å²) in [5.74, 6) is 0.205. The summed E-state index contributed by atoms with van der Waals surface area (Å²) >= 11 is 3.35. The van der Waals surface area contributed by atoms with Gasteiger partial charge < -0.3 is 9.52 Å². The molecule has 0 amide bonds. The van der Waals surface area contributed by atoms with Crippen molar-refractivity contribution < 1.29 is 17.9 Å². The maximum absolute atomic E-state index is 12.2. The van der Waals surface area contributed by atoms with Crippen molar-refractivity contribution in [2.24, 2.45) is 0 Å². The molecule has 1 aromatic heterocycles. The molecule has 20 heavy (non-hydrogen) atoms. The van der Waals surface area contributed by atoms with Crippen molar-refractivity contribution in [2.75, 3.05) is 4.72 Å². The molecule has 0 atom stereocenters. The Labute approximate surface area is 125 Å². The minimum Gasteiger partial charge on any atom is -0.445 e. The lowest BCUT2D eigenvalue weighted by atomic mass is 10.1. The van der Waals surface area contributed by atoms with Gasteiger partial charge in [0.25, 0.3) is 10.0 Å². The van der Waals surface area contributed by atoms with E-state index in [4.69, 9.17) is 9.52 Å². The van der Waals surface area contributed by atoms with Gasteiger partial charge in [-0.2, -0.15) is 8.42 Å². The van der Waals surface area contributed by atoms with E-state index in [1.165, 1.54) is 12.1 Å². The zero-order chi connectivity index (χ0) is 14.8. The van der Waals surface area contributed by atoms with Crippen molar-refractivity contribution in [3.05, 3.63) is 46.1 Å². The zero-order valence-electron chi connectivity index (χ0n) is 10.8. The van der Waals surface area contributed by atoms with Crippen LogP contribution in [0.4, 0.5) is 5.69 Å². The standard InChI is InChI=1S/C13H14BrNO4S/c1-2-9-7-10(14)3-5-12(9)15-20(17,18)13-6-4-11(8-16)19-13/h3-7,15-16H,2,8H2,1H3. The largest absolute Gasteiger partial charge is 0.445 e. The SMILES string of the molecule is CCc1cc(Br)ccc1NS(=O)(=O)c1ccc(CO)o1. The first kappa shape index (κ1) is 15.1. The monoisotopic (exact) mass is 359 g/mol. The van der Waals surface area contributed by atoms with Gasteiger partial charge in [-0.15, -0.1) is 0 Å². The summed E-state index contributed by atoms with van der Waals surface area (Å²) in [6.07, 6.45) is 0.692. The molecule has 2 N–H and O–H groups in total. The molecule has 7 heteroatoms. The smallest absolute Gasteiger partial charge is 0.295 e. The molecule has 0 spiro atoms. The molecular weight excluding hydrogens is 346 g/mol. The molecule has 1 aromatic carbocycles. The van der Waals surface area contributed by atoms with E-state index in [1.807, 2.05) is 13.0 Å². The second-order valence-corrected chi connectivity index (χ2v) is 6.67. The van der Waals surface area contributed by atoms with Crippen LogP contribution in [0.5, 0.6) is 0 Å². The van der Waals surface area contributed by atoms with Crippen LogP contribution < -0.4 is 4.72 Å². The lowest BCUT2D eigenvalue weighted by molar-refractivity contribution is 0.236. The summed E-state index contributed by atoms with van der Waals surface area (Å²) in [5.41, 5.74) is 1.38. The number of anilines is 1. The van der Waals surface area contributed by atoms with Crippen LogP contribution in [-0.4, -0.2) is 13.5 Å². The first-order valence-corrected chi connectivity index (χ1v) is 8.24. The molecule has 1 heterocycles. The van der Waals surface area contributed by atoms with E-state index in [2.05, 4.69) is 20.7 Å². The molecule has 0 bridgehead atoms. The molecule has 5 nitrogen and oxygen atoms in total. The zero-order valence-corrected chi connectivity index (χ0v) is 13.2. The van der Waals surface area contributed by atoms with Crippen LogP contribution in [0.3, 0.4) is 0 Å². The minimum absolute atomic E-state index is 0.205. The van der Waals surface area contributed by atoms with Crippen molar-refractivity contribution >= 4 is 31.6 Å². The van der Waals surface area contributed by atoms with E-state index in [0.29, 0.717) is 12.1 Å². The number of aliphatic hydroxyl groups is 1. The summed E-state index contributed by atoms with van der Waals surface area (Å²) in [5, 5.41) is 8.69. The Balaban J connectivity index is 2.33. The Morgan fingerprint density at radius 3 is 2.65 bits per heavy atom. The van der Waals surface area contributed by atoms with Crippen LogP contribution >= 0.6 is 15.9 Å². The highest BCUT2D eigenvalue weighted by atomic mass is 79.9. The van der Waals surface area contributed by atoms with E-state index < -0.39 is 10.0 Å². The van der Waals surface area contributed by atoms with Crippen molar-refractivity contribution in [2.45, 2.75) is 25.0 Å². The van der Waals surface area contributed by atoms with Crippen LogP contribution in [-0.2, 0) is 23.1 Å². The van der Waals surface area contributed by atoms with Crippen LogP contribution in [0.1, 0.15) is 18.2 Å². The average molecular weight is 360 g/mol. The number of aryl methyl sites for hydroxylation is 1. The quantitative estimate of drug-likeness (QED) is 0.859. The first-order valence-electron chi connectivity index (χ1n) is 5.97. The molecule has 0 radical (unpaired) electrons. The Kier molecular flexibility index (Phi) is 4.52. The molecule has 2 rings (SSSR count). The third-order valence-corrected chi connectivity index (χ3v) is 4.48. The van der Waals surface area contributed by atoms with Gasteiger partial charge in [0, 0.05) is 4.47 Å². The van der Waals surface area contributed by atoms with Crippen LogP contribution in [0.2, 0.25) is 0 Å². The number of benzene rings is 1. The van der Waals surface area contributed by atoms with Crippen molar-refractivity contribution in [3.8, 4) is 0 Å². The van der Waals surface area contributed by atoms with Gasteiger partial charge in [0.1, 0.15) is 12.4 Å². The van der Waals surface area contributed by atoms with Gasteiger partial charge in [0.15, 0.2) is 0 Å². The van der Waals surface area contributed by atoms with Crippen LogP contribution in [0, 0.1) is 0 Å². The Hall–Kier alpha value is -1.31. The predicted molar refractivity (Wildman–Crippen MR) is 79.0 cm³/mol. The van der Waals surface area contributed by atoms with Gasteiger partial charge in [-0.1, -0.05) is 22.9 Å². The molecule has 2 aromatic rings. The fourth-order valence-electron chi connectivity index (χ4n) is 1.74. The van der Waals surface area contributed by atoms with Gasteiger partial charge in [0.05, 0.1) is 5.69 Å². The summed E-state index contributed by atoms with van der Waals surface area (Å²) in [6, 6.07) is 8.06. The highest BCUT2D eigenvalue weighted by Gasteiger charge is 2.20. The molecule has 0 saturated carbocycles. The van der Waals surface area contributed by atoms with Gasteiger partial charge in [0.2, 0.25) is 5.09 Å². The Morgan fingerprint density at radius 1 is 1.30 bits per heavy atom. The number of nitrogens with one attached hydrogen (secondary N) is 1. The topological polar surface area (TPSA) is 79.5 Å². The van der Waals surface area contributed by atoms with Crippen molar-refractivity contribution in [1.29, 1.82) is 0 Å². The molecule has 0 aliphatic heterocycles. The number of aliphatic hydroxyl groups excluding tert-OH is 1. The molecule has 0 saturated heterocycles. The molecule has 0 aliphatic rings. The Bertz CT molecular complexity index is 709. The van der Waals surface area contributed by atoms with E-state index in [-0.39, 0.29) is 17.5 Å². The van der Waals surface area contributed by atoms with Gasteiger partial charge >= 0.3 is 0 Å². The summed E-state index contributed by atoms with van der Waals surface area (Å²) < 4.78 is 32.8. The third kappa shape index (κ3) is 3.23. The summed E-state index contributed by atoms with van der Waals surface area (Å²) in [7, 11) is -3.79. The average Bonchev–Trinajstić information content (AvgIpc) is 2.90. The molecule has 0 aliphatic carbocycles. The molecular formula is C13H14BrNO4S.